The molecular formula is C13H12ClFN2O3. The molecule has 1 saturated heterocycles. The zero-order valence-corrected chi connectivity index (χ0v) is 11.6. The number of imide groups is 2. The van der Waals surface area contributed by atoms with E-state index in [1.165, 1.54) is 26.0 Å². The van der Waals surface area contributed by atoms with E-state index < -0.39 is 29.1 Å². The van der Waals surface area contributed by atoms with E-state index >= 15 is 0 Å². The van der Waals surface area contributed by atoms with Gasteiger partial charge in [-0.2, -0.15) is 0 Å². The van der Waals surface area contributed by atoms with Crippen molar-refractivity contribution in [3.05, 3.63) is 34.6 Å². The van der Waals surface area contributed by atoms with Crippen molar-refractivity contribution < 1.29 is 18.8 Å². The Morgan fingerprint density at radius 2 is 1.95 bits per heavy atom. The minimum atomic E-state index is -1.32. The Balaban J connectivity index is 2.27. The number of nitrogens with one attached hydrogen (secondary N) is 1. The third-order valence-electron chi connectivity index (χ3n) is 3.14. The Bertz CT molecular complexity index is 616. The summed E-state index contributed by atoms with van der Waals surface area (Å²) in [5.74, 6) is -1.83. The Morgan fingerprint density at radius 3 is 2.55 bits per heavy atom. The summed E-state index contributed by atoms with van der Waals surface area (Å²) in [6, 6.07) is 3.12. The van der Waals surface area contributed by atoms with Crippen molar-refractivity contribution >= 4 is 29.4 Å². The van der Waals surface area contributed by atoms with Crippen LogP contribution in [0.1, 0.15) is 19.4 Å². The highest BCUT2D eigenvalue weighted by Gasteiger charge is 2.46. The number of amides is 4. The second-order valence-corrected chi connectivity index (χ2v) is 5.43. The molecule has 0 spiro atoms. The van der Waals surface area contributed by atoms with Crippen LogP contribution in [-0.4, -0.2) is 22.7 Å². The largest absolute Gasteiger partial charge is 0.331 e. The lowest BCUT2D eigenvalue weighted by Crippen LogP contribution is -2.61. The maximum atomic E-state index is 13.1. The second-order valence-electron chi connectivity index (χ2n) is 5.02. The van der Waals surface area contributed by atoms with Crippen LogP contribution < -0.4 is 5.32 Å². The quantitative estimate of drug-likeness (QED) is 0.850. The molecule has 106 valence electrons. The van der Waals surface area contributed by atoms with E-state index in [1.54, 1.807) is 0 Å². The van der Waals surface area contributed by atoms with Crippen molar-refractivity contribution in [1.29, 1.82) is 0 Å². The fraction of sp³-hybridized carbons (Fsp3) is 0.308. The molecule has 0 aromatic heterocycles. The Morgan fingerprint density at radius 1 is 1.30 bits per heavy atom. The van der Waals surface area contributed by atoms with E-state index in [1.807, 2.05) is 0 Å². The number of urea groups is 1. The Kier molecular flexibility index (Phi) is 3.52. The molecule has 0 aliphatic carbocycles. The molecule has 1 aliphatic heterocycles. The van der Waals surface area contributed by atoms with E-state index in [0.29, 0.717) is 5.56 Å². The monoisotopic (exact) mass is 298 g/mol. The highest BCUT2D eigenvalue weighted by Crippen LogP contribution is 2.25. The van der Waals surface area contributed by atoms with Gasteiger partial charge in [0.2, 0.25) is 11.8 Å². The second kappa shape index (κ2) is 4.86. The molecule has 1 N–H and O–H groups in total. The van der Waals surface area contributed by atoms with Crippen LogP contribution in [0, 0.1) is 11.2 Å². The van der Waals surface area contributed by atoms with Gasteiger partial charge < -0.3 is 0 Å². The van der Waals surface area contributed by atoms with Gasteiger partial charge in [-0.25, -0.2) is 9.18 Å². The van der Waals surface area contributed by atoms with Crippen LogP contribution in [0.2, 0.25) is 5.02 Å². The van der Waals surface area contributed by atoms with E-state index in [2.05, 4.69) is 5.32 Å². The number of barbiturate groups is 1. The summed E-state index contributed by atoms with van der Waals surface area (Å²) in [5, 5.41) is 2.02. The van der Waals surface area contributed by atoms with Crippen LogP contribution in [0.5, 0.6) is 0 Å². The lowest BCUT2D eigenvalue weighted by Gasteiger charge is -2.34. The number of carbonyl (C=O) groups excluding carboxylic acids is 3. The number of benzene rings is 1. The van der Waals surface area contributed by atoms with Crippen molar-refractivity contribution in [3.8, 4) is 0 Å². The summed E-state index contributed by atoms with van der Waals surface area (Å²) in [5.41, 5.74) is -0.831. The molecule has 1 heterocycles. The van der Waals surface area contributed by atoms with Gasteiger partial charge in [-0.1, -0.05) is 17.7 Å². The smallest absolute Gasteiger partial charge is 0.277 e. The average molecular weight is 299 g/mol. The van der Waals surface area contributed by atoms with Crippen molar-refractivity contribution in [2.75, 3.05) is 0 Å². The highest BCUT2D eigenvalue weighted by molar-refractivity contribution is 6.30. The van der Waals surface area contributed by atoms with E-state index in [0.717, 1.165) is 11.0 Å². The molecule has 1 aromatic rings. The molecule has 5 nitrogen and oxygen atoms in total. The number of halogens is 2. The zero-order valence-electron chi connectivity index (χ0n) is 10.9. The minimum Gasteiger partial charge on any atom is -0.277 e. The van der Waals surface area contributed by atoms with Gasteiger partial charge in [-0.15, -0.1) is 0 Å². The summed E-state index contributed by atoms with van der Waals surface area (Å²) in [6.45, 7) is 2.78. The van der Waals surface area contributed by atoms with Crippen LogP contribution in [0.3, 0.4) is 0 Å². The van der Waals surface area contributed by atoms with Gasteiger partial charge in [0.25, 0.3) is 0 Å². The molecular weight excluding hydrogens is 287 g/mol. The Hall–Kier alpha value is -1.95. The highest BCUT2D eigenvalue weighted by atomic mass is 35.5. The molecule has 1 fully saturated rings. The third kappa shape index (κ3) is 2.38. The maximum absolute atomic E-state index is 13.1. The molecule has 0 unspecified atom stereocenters. The number of carbonyl (C=O) groups is 3. The molecule has 4 amide bonds. The molecule has 7 heteroatoms. The number of hydrogen-bond donors (Lipinski definition) is 1. The van der Waals surface area contributed by atoms with Crippen LogP contribution in [0.15, 0.2) is 18.2 Å². The van der Waals surface area contributed by atoms with Gasteiger partial charge in [0, 0.05) is 0 Å². The van der Waals surface area contributed by atoms with Gasteiger partial charge >= 0.3 is 6.03 Å². The van der Waals surface area contributed by atoms with Gasteiger partial charge in [-0.3, -0.25) is 19.8 Å². The first-order valence-corrected chi connectivity index (χ1v) is 6.22. The molecule has 0 saturated carbocycles. The fourth-order valence-corrected chi connectivity index (χ4v) is 2.01. The summed E-state index contributed by atoms with van der Waals surface area (Å²) in [4.78, 5) is 36.4. The summed E-state index contributed by atoms with van der Waals surface area (Å²) < 4.78 is 13.1. The normalized spacial score (nSPS) is 18.2. The van der Waals surface area contributed by atoms with Crippen molar-refractivity contribution in [1.82, 2.24) is 10.2 Å². The molecule has 0 bridgehead atoms. The number of hydrogen-bond acceptors (Lipinski definition) is 3. The minimum absolute atomic E-state index is 0.0820. The molecule has 20 heavy (non-hydrogen) atoms. The van der Waals surface area contributed by atoms with Crippen LogP contribution >= 0.6 is 11.6 Å². The first-order valence-electron chi connectivity index (χ1n) is 5.85. The standard InChI is InChI=1S/C13H12ClFN2O3/c1-13(2)10(18)16-12(20)17(11(13)19)6-7-3-4-9(15)8(14)5-7/h3-5H,6H2,1-2H3,(H,16,18,20). The fourth-order valence-electron chi connectivity index (χ4n) is 1.81. The van der Waals surface area contributed by atoms with Gasteiger partial charge in [0.15, 0.2) is 0 Å². The van der Waals surface area contributed by atoms with Crippen LogP contribution in [-0.2, 0) is 16.1 Å². The van der Waals surface area contributed by atoms with E-state index in [9.17, 15) is 18.8 Å². The molecule has 0 atom stereocenters. The maximum Gasteiger partial charge on any atom is 0.331 e. The van der Waals surface area contributed by atoms with Crippen molar-refractivity contribution in [3.63, 3.8) is 0 Å². The van der Waals surface area contributed by atoms with E-state index in [-0.39, 0.29) is 11.6 Å². The SMILES string of the molecule is CC1(C)C(=O)NC(=O)N(Cc2ccc(F)c(Cl)c2)C1=O. The average Bonchev–Trinajstić information content (AvgIpc) is 2.37. The topological polar surface area (TPSA) is 66.5 Å². The Labute approximate surface area is 119 Å². The van der Waals surface area contributed by atoms with E-state index in [4.69, 9.17) is 11.6 Å². The first-order chi connectivity index (χ1) is 9.23. The first kappa shape index (κ1) is 14.5. The predicted octanol–water partition coefficient (Wildman–Crippen LogP) is 2.08. The predicted molar refractivity (Wildman–Crippen MR) is 69.3 cm³/mol. The van der Waals surface area contributed by atoms with Crippen molar-refractivity contribution in [2.45, 2.75) is 20.4 Å². The number of rotatable bonds is 2. The molecule has 2 rings (SSSR count). The van der Waals surface area contributed by atoms with Crippen molar-refractivity contribution in [2.24, 2.45) is 5.41 Å². The van der Waals surface area contributed by atoms with Crippen LogP contribution in [0.4, 0.5) is 9.18 Å². The molecule has 1 aromatic carbocycles. The van der Waals surface area contributed by atoms with Gasteiger partial charge in [-0.05, 0) is 31.5 Å². The summed E-state index contributed by atoms with van der Waals surface area (Å²) in [6.07, 6.45) is 0. The molecule has 0 radical (unpaired) electrons. The number of nitrogens with zero attached hydrogens (tertiary/aromatic N) is 1. The lowest BCUT2D eigenvalue weighted by molar-refractivity contribution is -0.149. The van der Waals surface area contributed by atoms with Crippen LogP contribution in [0.25, 0.3) is 0 Å². The van der Waals surface area contributed by atoms with Gasteiger partial charge in [0.1, 0.15) is 11.2 Å². The van der Waals surface area contributed by atoms with Gasteiger partial charge in [0.05, 0.1) is 11.6 Å². The lowest BCUT2D eigenvalue weighted by atomic mass is 9.88. The third-order valence-corrected chi connectivity index (χ3v) is 3.43. The molecule has 1 aliphatic rings. The summed E-state index contributed by atoms with van der Waals surface area (Å²) >= 11 is 5.65. The summed E-state index contributed by atoms with van der Waals surface area (Å²) in [7, 11) is 0. The zero-order chi connectivity index (χ0) is 15.1.